The molecule has 3 rings (SSSR count). The summed E-state index contributed by atoms with van der Waals surface area (Å²) in [6.45, 7) is 3.86. The maximum Gasteiger partial charge on any atom is 0.142 e. The van der Waals surface area contributed by atoms with Crippen LogP contribution >= 0.6 is 11.6 Å². The van der Waals surface area contributed by atoms with Gasteiger partial charge in [-0.3, -0.25) is 0 Å². The highest BCUT2D eigenvalue weighted by Gasteiger charge is 2.35. The molecule has 3 unspecified atom stereocenters. The Kier molecular flexibility index (Phi) is 4.91. The second kappa shape index (κ2) is 6.89. The summed E-state index contributed by atoms with van der Waals surface area (Å²) < 4.78 is 5.73. The van der Waals surface area contributed by atoms with Crippen LogP contribution in [0.2, 0.25) is 5.02 Å². The van der Waals surface area contributed by atoms with Gasteiger partial charge in [0.05, 0.1) is 12.3 Å². The fourth-order valence-corrected chi connectivity index (χ4v) is 3.99. The van der Waals surface area contributed by atoms with E-state index in [1.165, 1.54) is 38.6 Å². The number of halogens is 1. The Morgan fingerprint density at radius 3 is 2.95 bits per heavy atom. The lowest BCUT2D eigenvalue weighted by molar-refractivity contribution is 0.339. The molecular weight excluding hydrogens is 284 g/mol. The zero-order valence-electron chi connectivity index (χ0n) is 12.7. The lowest BCUT2D eigenvalue weighted by Gasteiger charge is -2.28. The minimum absolute atomic E-state index is 0.526. The summed E-state index contributed by atoms with van der Waals surface area (Å²) in [5.41, 5.74) is 1.04. The van der Waals surface area contributed by atoms with Crippen LogP contribution in [-0.4, -0.2) is 25.2 Å². The summed E-state index contributed by atoms with van der Waals surface area (Å²) in [6, 6.07) is 7.05. The lowest BCUT2D eigenvalue weighted by Crippen LogP contribution is -2.38. The van der Waals surface area contributed by atoms with E-state index in [0.29, 0.717) is 18.7 Å². The van der Waals surface area contributed by atoms with E-state index in [-0.39, 0.29) is 0 Å². The number of hydrogen-bond donors (Lipinski definition) is 2. The zero-order valence-corrected chi connectivity index (χ0v) is 13.5. The third-order valence-electron chi connectivity index (χ3n) is 4.77. The predicted molar refractivity (Wildman–Crippen MR) is 88.4 cm³/mol. The van der Waals surface area contributed by atoms with Crippen LogP contribution in [0.15, 0.2) is 18.2 Å². The fourth-order valence-electron chi connectivity index (χ4n) is 3.82. The first-order valence-corrected chi connectivity index (χ1v) is 8.58. The van der Waals surface area contributed by atoms with E-state index >= 15 is 0 Å². The first-order valence-electron chi connectivity index (χ1n) is 8.20. The molecule has 1 aliphatic carbocycles. The van der Waals surface area contributed by atoms with E-state index in [0.717, 1.165) is 22.4 Å². The van der Waals surface area contributed by atoms with Crippen molar-refractivity contribution in [2.75, 3.05) is 18.5 Å². The van der Waals surface area contributed by atoms with Crippen LogP contribution in [0.5, 0.6) is 5.75 Å². The van der Waals surface area contributed by atoms with Crippen LogP contribution in [-0.2, 0) is 0 Å². The summed E-state index contributed by atoms with van der Waals surface area (Å²) in [6.07, 6.45) is 6.50. The van der Waals surface area contributed by atoms with Gasteiger partial charge in [0.2, 0.25) is 0 Å². The van der Waals surface area contributed by atoms with Gasteiger partial charge in [-0.15, -0.1) is 0 Å². The molecule has 2 N–H and O–H groups in total. The Morgan fingerprint density at radius 2 is 2.19 bits per heavy atom. The molecule has 3 atom stereocenters. The SMILES string of the molecule is CCOc1ccc(Cl)cc1NC1CCCC1C1CCCN1. The van der Waals surface area contributed by atoms with E-state index in [2.05, 4.69) is 10.6 Å². The molecule has 1 aromatic rings. The number of rotatable bonds is 5. The van der Waals surface area contributed by atoms with Gasteiger partial charge in [0.25, 0.3) is 0 Å². The van der Waals surface area contributed by atoms with Gasteiger partial charge >= 0.3 is 0 Å². The third kappa shape index (κ3) is 3.46. The van der Waals surface area contributed by atoms with Crippen LogP contribution in [0.4, 0.5) is 5.69 Å². The van der Waals surface area contributed by atoms with Crippen LogP contribution in [0.25, 0.3) is 0 Å². The highest BCUT2D eigenvalue weighted by atomic mass is 35.5. The minimum atomic E-state index is 0.526. The number of anilines is 1. The average Bonchev–Trinajstić information content (AvgIpc) is 3.12. The Balaban J connectivity index is 1.74. The monoisotopic (exact) mass is 308 g/mol. The van der Waals surface area contributed by atoms with E-state index in [4.69, 9.17) is 16.3 Å². The van der Waals surface area contributed by atoms with Crippen LogP contribution in [0.3, 0.4) is 0 Å². The van der Waals surface area contributed by atoms with Crippen molar-refractivity contribution >= 4 is 17.3 Å². The molecule has 0 spiro atoms. The van der Waals surface area contributed by atoms with Crippen molar-refractivity contribution in [2.45, 2.75) is 51.1 Å². The van der Waals surface area contributed by atoms with E-state index in [1.807, 2.05) is 25.1 Å². The molecule has 0 amide bonds. The molecule has 2 fully saturated rings. The Bertz CT molecular complexity index is 474. The average molecular weight is 309 g/mol. The molecule has 2 aliphatic rings. The summed E-state index contributed by atoms with van der Waals surface area (Å²) >= 11 is 6.16. The van der Waals surface area contributed by atoms with Gasteiger partial charge in [-0.2, -0.15) is 0 Å². The molecule has 1 aliphatic heterocycles. The van der Waals surface area contributed by atoms with Crippen LogP contribution in [0.1, 0.15) is 39.0 Å². The summed E-state index contributed by atoms with van der Waals surface area (Å²) in [4.78, 5) is 0. The second-order valence-corrected chi connectivity index (χ2v) is 6.56. The summed E-state index contributed by atoms with van der Waals surface area (Å²) in [5.74, 6) is 1.63. The molecule has 1 heterocycles. The van der Waals surface area contributed by atoms with Gasteiger partial charge in [0.15, 0.2) is 0 Å². The number of nitrogens with one attached hydrogen (secondary N) is 2. The van der Waals surface area contributed by atoms with Crippen molar-refractivity contribution in [1.82, 2.24) is 5.32 Å². The van der Waals surface area contributed by atoms with E-state index < -0.39 is 0 Å². The lowest BCUT2D eigenvalue weighted by atomic mass is 9.93. The highest BCUT2D eigenvalue weighted by molar-refractivity contribution is 6.30. The van der Waals surface area contributed by atoms with E-state index in [1.54, 1.807) is 0 Å². The van der Waals surface area contributed by atoms with Gasteiger partial charge in [0.1, 0.15) is 5.75 Å². The molecule has 1 saturated heterocycles. The molecule has 1 aromatic carbocycles. The molecule has 0 radical (unpaired) electrons. The molecule has 1 saturated carbocycles. The third-order valence-corrected chi connectivity index (χ3v) is 5.00. The molecule has 21 heavy (non-hydrogen) atoms. The van der Waals surface area contributed by atoms with E-state index in [9.17, 15) is 0 Å². The normalized spacial score (nSPS) is 28.8. The largest absolute Gasteiger partial charge is 0.492 e. The topological polar surface area (TPSA) is 33.3 Å². The van der Waals surface area contributed by atoms with Gasteiger partial charge < -0.3 is 15.4 Å². The second-order valence-electron chi connectivity index (χ2n) is 6.12. The predicted octanol–water partition coefficient (Wildman–Crippen LogP) is 4.07. The first-order chi connectivity index (χ1) is 10.3. The van der Waals surface area contributed by atoms with Crippen LogP contribution in [0, 0.1) is 5.92 Å². The quantitative estimate of drug-likeness (QED) is 0.860. The summed E-state index contributed by atoms with van der Waals surface area (Å²) in [5, 5.41) is 8.14. The first kappa shape index (κ1) is 15.0. The van der Waals surface area contributed by atoms with Gasteiger partial charge in [-0.05, 0) is 63.3 Å². The molecular formula is C17H25ClN2O. The maximum absolute atomic E-state index is 6.16. The smallest absolute Gasteiger partial charge is 0.142 e. The maximum atomic E-state index is 6.16. The van der Waals surface area contributed by atoms with Crippen molar-refractivity contribution in [3.63, 3.8) is 0 Å². The number of ether oxygens (including phenoxy) is 1. The highest BCUT2D eigenvalue weighted by Crippen LogP contribution is 2.36. The number of hydrogen-bond acceptors (Lipinski definition) is 3. The van der Waals surface area contributed by atoms with Crippen molar-refractivity contribution in [1.29, 1.82) is 0 Å². The standard InChI is InChI=1S/C17H25ClN2O/c1-2-21-17-9-8-12(18)11-16(17)20-15-6-3-5-13(15)14-7-4-10-19-14/h8-9,11,13-15,19-20H,2-7,10H2,1H3. The van der Waals surface area contributed by atoms with Crippen molar-refractivity contribution in [3.8, 4) is 5.75 Å². The Labute approximate surface area is 132 Å². The fraction of sp³-hybridized carbons (Fsp3) is 0.647. The molecule has 0 bridgehead atoms. The zero-order chi connectivity index (χ0) is 14.7. The van der Waals surface area contributed by atoms with Crippen LogP contribution < -0.4 is 15.4 Å². The molecule has 116 valence electrons. The van der Waals surface area contributed by atoms with Crippen molar-refractivity contribution < 1.29 is 4.74 Å². The minimum Gasteiger partial charge on any atom is -0.492 e. The van der Waals surface area contributed by atoms with Gasteiger partial charge in [-0.25, -0.2) is 0 Å². The number of benzene rings is 1. The Hall–Kier alpha value is -0.930. The van der Waals surface area contributed by atoms with Gasteiger partial charge in [-0.1, -0.05) is 18.0 Å². The Morgan fingerprint density at radius 1 is 1.29 bits per heavy atom. The summed E-state index contributed by atoms with van der Waals surface area (Å²) in [7, 11) is 0. The van der Waals surface area contributed by atoms with Crippen molar-refractivity contribution in [2.24, 2.45) is 5.92 Å². The van der Waals surface area contributed by atoms with Gasteiger partial charge in [0, 0.05) is 17.1 Å². The van der Waals surface area contributed by atoms with Crippen molar-refractivity contribution in [3.05, 3.63) is 23.2 Å². The molecule has 4 heteroatoms. The molecule has 0 aromatic heterocycles. The molecule has 3 nitrogen and oxygen atoms in total.